The number of ether oxygens (including phenoxy) is 2. The van der Waals surface area contributed by atoms with Gasteiger partial charge in [0.1, 0.15) is 5.82 Å². The van der Waals surface area contributed by atoms with Crippen molar-refractivity contribution in [1.82, 2.24) is 20.4 Å². The first-order valence-electron chi connectivity index (χ1n) is 8.93. The third-order valence-corrected chi connectivity index (χ3v) is 4.35. The van der Waals surface area contributed by atoms with Crippen LogP contribution in [0.2, 0.25) is 0 Å². The number of halogens is 1. The minimum absolute atomic E-state index is 0.258. The lowest BCUT2D eigenvalue weighted by Crippen LogP contribution is -2.38. The average molecular weight is 374 g/mol. The highest BCUT2D eigenvalue weighted by atomic mass is 19.1. The van der Waals surface area contributed by atoms with Crippen LogP contribution >= 0.6 is 0 Å². The molecule has 0 atom stereocenters. The second-order valence-corrected chi connectivity index (χ2v) is 6.25. The van der Waals surface area contributed by atoms with Crippen LogP contribution in [0.1, 0.15) is 16.8 Å². The summed E-state index contributed by atoms with van der Waals surface area (Å²) in [5.74, 6) is -0.434. The Kier molecular flexibility index (Phi) is 6.67. The largest absolute Gasteiger partial charge is 0.480 e. The van der Waals surface area contributed by atoms with E-state index in [0.29, 0.717) is 23.7 Å². The lowest BCUT2D eigenvalue weighted by molar-refractivity contribution is 0.0374. The minimum atomic E-state index is -0.497. The van der Waals surface area contributed by atoms with Gasteiger partial charge in [-0.3, -0.25) is 9.69 Å². The monoisotopic (exact) mass is 374 g/mol. The van der Waals surface area contributed by atoms with Crippen molar-refractivity contribution < 1.29 is 18.7 Å². The summed E-state index contributed by atoms with van der Waals surface area (Å²) in [6.07, 6.45) is 0.831. The summed E-state index contributed by atoms with van der Waals surface area (Å²) in [6, 6.07) is 7.46. The molecule has 0 spiro atoms. The summed E-state index contributed by atoms with van der Waals surface area (Å²) in [7, 11) is 1.49. The number of morpholine rings is 1. The minimum Gasteiger partial charge on any atom is -0.480 e. The molecule has 3 rings (SSSR count). The number of hydrogen-bond donors (Lipinski definition) is 1. The van der Waals surface area contributed by atoms with E-state index in [1.165, 1.54) is 19.2 Å². The number of benzene rings is 1. The average Bonchev–Trinajstić information content (AvgIpc) is 2.71. The Hall–Kier alpha value is -2.58. The predicted octanol–water partition coefficient (Wildman–Crippen LogP) is 1.74. The van der Waals surface area contributed by atoms with Crippen molar-refractivity contribution in [2.75, 3.05) is 46.5 Å². The zero-order valence-corrected chi connectivity index (χ0v) is 15.3. The van der Waals surface area contributed by atoms with Crippen LogP contribution in [0.5, 0.6) is 5.88 Å². The van der Waals surface area contributed by atoms with Crippen LogP contribution in [0.15, 0.2) is 30.3 Å². The van der Waals surface area contributed by atoms with Gasteiger partial charge in [0.25, 0.3) is 5.91 Å². The number of hydrogen-bond acceptors (Lipinski definition) is 6. The summed E-state index contributed by atoms with van der Waals surface area (Å²) in [4.78, 5) is 14.7. The first-order valence-corrected chi connectivity index (χ1v) is 8.93. The van der Waals surface area contributed by atoms with Crippen molar-refractivity contribution >= 4 is 5.91 Å². The Morgan fingerprint density at radius 1 is 1.26 bits per heavy atom. The summed E-state index contributed by atoms with van der Waals surface area (Å²) < 4.78 is 24.3. The van der Waals surface area contributed by atoms with Crippen molar-refractivity contribution in [2.45, 2.75) is 6.42 Å². The maximum absolute atomic E-state index is 14.0. The Morgan fingerprint density at radius 3 is 2.78 bits per heavy atom. The van der Waals surface area contributed by atoms with Crippen molar-refractivity contribution in [2.24, 2.45) is 0 Å². The molecule has 0 radical (unpaired) electrons. The van der Waals surface area contributed by atoms with Gasteiger partial charge in [0.2, 0.25) is 5.88 Å². The van der Waals surface area contributed by atoms with Gasteiger partial charge >= 0.3 is 0 Å². The molecule has 1 aromatic heterocycles. The highest BCUT2D eigenvalue weighted by molar-refractivity contribution is 5.95. The SMILES string of the molecule is COc1ccc(-c2cc(F)cc(C(=O)NCCCN3CCOCC3)c2)nn1. The van der Waals surface area contributed by atoms with Gasteiger partial charge < -0.3 is 14.8 Å². The molecule has 1 aliphatic heterocycles. The van der Waals surface area contributed by atoms with Crippen molar-refractivity contribution in [3.05, 3.63) is 41.7 Å². The van der Waals surface area contributed by atoms with E-state index in [1.54, 1.807) is 18.2 Å². The van der Waals surface area contributed by atoms with Crippen molar-refractivity contribution in [3.63, 3.8) is 0 Å². The molecule has 1 amide bonds. The number of aromatic nitrogens is 2. The van der Waals surface area contributed by atoms with E-state index in [9.17, 15) is 9.18 Å². The molecule has 27 heavy (non-hydrogen) atoms. The predicted molar refractivity (Wildman–Crippen MR) is 98.2 cm³/mol. The molecule has 0 aliphatic carbocycles. The van der Waals surface area contributed by atoms with Crippen LogP contribution in [0.25, 0.3) is 11.3 Å². The normalized spacial score (nSPS) is 14.7. The number of amides is 1. The maximum atomic E-state index is 14.0. The third-order valence-electron chi connectivity index (χ3n) is 4.35. The standard InChI is InChI=1S/C19H23FN4O3/c1-26-18-4-3-17(22-23-18)14-11-15(13-16(20)12-14)19(25)21-5-2-6-24-7-9-27-10-8-24/h3-4,11-13H,2,5-10H2,1H3,(H,21,25). The van der Waals surface area contributed by atoms with Crippen LogP contribution < -0.4 is 10.1 Å². The van der Waals surface area contributed by atoms with Crippen LogP contribution in [0.3, 0.4) is 0 Å². The van der Waals surface area contributed by atoms with E-state index in [2.05, 4.69) is 20.4 Å². The second kappa shape index (κ2) is 9.38. The van der Waals surface area contributed by atoms with Crippen LogP contribution in [0, 0.1) is 5.82 Å². The van der Waals surface area contributed by atoms with Crippen molar-refractivity contribution in [3.8, 4) is 17.1 Å². The summed E-state index contributed by atoms with van der Waals surface area (Å²) in [5.41, 5.74) is 1.22. The quantitative estimate of drug-likeness (QED) is 0.744. The number of methoxy groups -OCH3 is 1. The third kappa shape index (κ3) is 5.45. The van der Waals surface area contributed by atoms with Gasteiger partial charge in [-0.15, -0.1) is 10.2 Å². The molecular weight excluding hydrogens is 351 g/mol. The zero-order chi connectivity index (χ0) is 19.1. The molecule has 7 nitrogen and oxygen atoms in total. The summed E-state index contributed by atoms with van der Waals surface area (Å²) in [6.45, 7) is 4.79. The van der Waals surface area contributed by atoms with Gasteiger partial charge in [-0.05, 0) is 37.2 Å². The fourth-order valence-corrected chi connectivity index (χ4v) is 2.88. The lowest BCUT2D eigenvalue weighted by Gasteiger charge is -2.26. The maximum Gasteiger partial charge on any atom is 0.251 e. The summed E-state index contributed by atoms with van der Waals surface area (Å²) in [5, 5.41) is 10.7. The van der Waals surface area contributed by atoms with Crippen LogP contribution in [0.4, 0.5) is 4.39 Å². The topological polar surface area (TPSA) is 76.6 Å². The van der Waals surface area contributed by atoms with Gasteiger partial charge in [0.05, 0.1) is 26.0 Å². The Bertz CT molecular complexity index is 764. The number of nitrogens with one attached hydrogen (secondary N) is 1. The number of carbonyl (C=O) groups excluding carboxylic acids is 1. The van der Waals surface area contributed by atoms with E-state index in [1.807, 2.05) is 0 Å². The van der Waals surface area contributed by atoms with Gasteiger partial charge in [-0.25, -0.2) is 4.39 Å². The molecule has 8 heteroatoms. The number of rotatable bonds is 7. The number of nitrogens with zero attached hydrogens (tertiary/aromatic N) is 3. The molecule has 1 aliphatic rings. The van der Waals surface area contributed by atoms with Crippen LogP contribution in [-0.2, 0) is 4.74 Å². The van der Waals surface area contributed by atoms with E-state index in [0.717, 1.165) is 39.3 Å². The first-order chi connectivity index (χ1) is 13.2. The van der Waals surface area contributed by atoms with E-state index in [4.69, 9.17) is 9.47 Å². The fraction of sp³-hybridized carbons (Fsp3) is 0.421. The molecular formula is C19H23FN4O3. The van der Waals surface area contributed by atoms with Gasteiger partial charge in [-0.2, -0.15) is 0 Å². The highest BCUT2D eigenvalue weighted by Gasteiger charge is 2.12. The molecule has 144 valence electrons. The van der Waals surface area contributed by atoms with Gasteiger partial charge in [-0.1, -0.05) is 0 Å². The first kappa shape index (κ1) is 19.2. The van der Waals surface area contributed by atoms with E-state index in [-0.39, 0.29) is 11.5 Å². The molecule has 1 fully saturated rings. The molecule has 2 heterocycles. The molecule has 1 N–H and O–H groups in total. The van der Waals surface area contributed by atoms with Crippen molar-refractivity contribution in [1.29, 1.82) is 0 Å². The Morgan fingerprint density at radius 2 is 2.07 bits per heavy atom. The zero-order valence-electron chi connectivity index (χ0n) is 15.3. The molecule has 0 unspecified atom stereocenters. The van der Waals surface area contributed by atoms with E-state index < -0.39 is 5.82 Å². The molecule has 0 saturated carbocycles. The Labute approximate surface area is 157 Å². The highest BCUT2D eigenvalue weighted by Crippen LogP contribution is 2.21. The summed E-state index contributed by atoms with van der Waals surface area (Å²) >= 11 is 0. The lowest BCUT2D eigenvalue weighted by atomic mass is 10.1. The van der Waals surface area contributed by atoms with Gasteiger partial charge in [0, 0.05) is 36.8 Å². The van der Waals surface area contributed by atoms with E-state index >= 15 is 0 Å². The second-order valence-electron chi connectivity index (χ2n) is 6.25. The van der Waals surface area contributed by atoms with Gasteiger partial charge in [0.15, 0.2) is 0 Å². The molecule has 2 aromatic rings. The van der Waals surface area contributed by atoms with Crippen LogP contribution in [-0.4, -0.2) is 67.5 Å². The molecule has 0 bridgehead atoms. The fourth-order valence-electron chi connectivity index (χ4n) is 2.88. The molecule has 1 aromatic carbocycles. The number of carbonyl (C=O) groups is 1. The Balaban J connectivity index is 1.58. The smallest absolute Gasteiger partial charge is 0.251 e. The molecule has 1 saturated heterocycles.